The van der Waals surface area contributed by atoms with E-state index in [9.17, 15) is 9.59 Å². The van der Waals surface area contributed by atoms with Gasteiger partial charge in [0.2, 0.25) is 5.91 Å². The van der Waals surface area contributed by atoms with E-state index in [-0.39, 0.29) is 11.5 Å². The van der Waals surface area contributed by atoms with Crippen molar-refractivity contribution >= 4 is 45.9 Å². The molecule has 0 aliphatic carbocycles. The molecule has 8 heteroatoms. The molecule has 0 N–H and O–H groups in total. The Labute approximate surface area is 190 Å². The molecule has 0 saturated carbocycles. The average Bonchev–Trinajstić information content (AvgIpc) is 2.77. The number of para-hydroxylation sites is 1. The lowest BCUT2D eigenvalue weighted by atomic mass is 10.0. The van der Waals surface area contributed by atoms with Crippen molar-refractivity contribution < 1.29 is 9.53 Å². The minimum Gasteiger partial charge on any atom is -0.383 e. The highest BCUT2D eigenvalue weighted by Crippen LogP contribution is 2.31. The Bertz CT molecular complexity index is 1180. The number of carbonyl (C=O) groups excluding carboxylic acids is 1. The average molecular weight is 458 g/mol. The molecule has 1 atom stereocenters. The Morgan fingerprint density at radius 1 is 1.29 bits per heavy atom. The van der Waals surface area contributed by atoms with Crippen molar-refractivity contribution in [1.82, 2.24) is 9.55 Å². The SMILES string of the molecule is COCCn1c(S[C@@H](C)C(=O)N2CCCc3ccccc32)nc2cc(Cl)ccc2c1=O. The summed E-state index contributed by atoms with van der Waals surface area (Å²) in [6.07, 6.45) is 1.91. The number of ether oxygens (including phenoxy) is 1. The minimum atomic E-state index is -0.413. The van der Waals surface area contributed by atoms with E-state index in [2.05, 4.69) is 11.1 Å². The third kappa shape index (κ3) is 4.49. The van der Waals surface area contributed by atoms with Gasteiger partial charge in [-0.15, -0.1) is 0 Å². The Morgan fingerprint density at radius 3 is 2.90 bits per heavy atom. The molecule has 1 aromatic heterocycles. The molecule has 1 aliphatic rings. The van der Waals surface area contributed by atoms with Crippen molar-refractivity contribution in [2.24, 2.45) is 0 Å². The van der Waals surface area contributed by atoms with Crippen LogP contribution in [0.4, 0.5) is 5.69 Å². The third-order valence-corrected chi connectivity index (χ3v) is 6.72. The molecule has 6 nitrogen and oxygen atoms in total. The fourth-order valence-corrected chi connectivity index (χ4v) is 5.00. The fraction of sp³-hybridized carbons (Fsp3) is 0.348. The van der Waals surface area contributed by atoms with E-state index in [0.29, 0.717) is 40.8 Å². The number of methoxy groups -OCH3 is 1. The highest BCUT2D eigenvalue weighted by Gasteiger charge is 2.28. The summed E-state index contributed by atoms with van der Waals surface area (Å²) in [5, 5.41) is 1.08. The maximum Gasteiger partial charge on any atom is 0.262 e. The number of carbonyl (C=O) groups is 1. The molecule has 0 saturated heterocycles. The maximum atomic E-state index is 13.3. The number of aromatic nitrogens is 2. The van der Waals surface area contributed by atoms with E-state index < -0.39 is 5.25 Å². The van der Waals surface area contributed by atoms with Crippen LogP contribution < -0.4 is 10.5 Å². The van der Waals surface area contributed by atoms with Gasteiger partial charge in [-0.25, -0.2) is 4.98 Å². The smallest absolute Gasteiger partial charge is 0.262 e. The number of rotatable bonds is 6. The first-order valence-electron chi connectivity index (χ1n) is 10.2. The summed E-state index contributed by atoms with van der Waals surface area (Å²) >= 11 is 7.41. The fourth-order valence-electron chi connectivity index (χ4n) is 3.83. The number of anilines is 1. The van der Waals surface area contributed by atoms with Gasteiger partial charge in [-0.05, 0) is 49.6 Å². The molecule has 0 fully saturated rings. The topological polar surface area (TPSA) is 64.4 Å². The normalized spacial score (nSPS) is 14.5. The van der Waals surface area contributed by atoms with Crippen molar-refractivity contribution in [1.29, 1.82) is 0 Å². The van der Waals surface area contributed by atoms with Crippen LogP contribution in [0.5, 0.6) is 0 Å². The van der Waals surface area contributed by atoms with E-state index in [1.807, 2.05) is 30.0 Å². The monoisotopic (exact) mass is 457 g/mol. The zero-order chi connectivity index (χ0) is 22.0. The standard InChI is InChI=1S/C23H24ClN3O3S/c1-15(21(28)26-11-5-7-16-6-3-4-8-20(16)26)31-23-25-19-14-17(24)9-10-18(19)22(29)27(23)12-13-30-2/h3-4,6,8-10,14-15H,5,7,11-13H2,1-2H3/t15-/m0/s1. The largest absolute Gasteiger partial charge is 0.383 e. The molecule has 0 radical (unpaired) electrons. The van der Waals surface area contributed by atoms with Crippen molar-refractivity contribution in [3.63, 3.8) is 0 Å². The van der Waals surface area contributed by atoms with Gasteiger partial charge in [0.1, 0.15) is 0 Å². The molecule has 3 aromatic rings. The number of nitrogens with zero attached hydrogens (tertiary/aromatic N) is 3. The molecule has 2 heterocycles. The van der Waals surface area contributed by atoms with Gasteiger partial charge in [-0.1, -0.05) is 41.6 Å². The number of benzene rings is 2. The lowest BCUT2D eigenvalue weighted by molar-refractivity contribution is -0.117. The predicted octanol–water partition coefficient (Wildman–Crippen LogP) is 4.16. The second kappa shape index (κ2) is 9.42. The number of aryl methyl sites for hydroxylation is 1. The van der Waals surface area contributed by atoms with Crippen molar-refractivity contribution in [2.45, 2.75) is 36.7 Å². The first-order valence-corrected chi connectivity index (χ1v) is 11.5. The van der Waals surface area contributed by atoms with E-state index >= 15 is 0 Å². The molecule has 0 bridgehead atoms. The van der Waals surface area contributed by atoms with Gasteiger partial charge in [0.05, 0.1) is 29.3 Å². The van der Waals surface area contributed by atoms with Crippen LogP contribution in [0.15, 0.2) is 52.4 Å². The molecule has 1 aliphatic heterocycles. The Hall–Kier alpha value is -2.35. The number of hydrogen-bond donors (Lipinski definition) is 0. The van der Waals surface area contributed by atoms with Crippen molar-refractivity contribution in [3.8, 4) is 0 Å². The number of amides is 1. The Balaban J connectivity index is 1.67. The lowest BCUT2D eigenvalue weighted by Crippen LogP contribution is -2.40. The summed E-state index contributed by atoms with van der Waals surface area (Å²) in [5.41, 5.74) is 2.52. The first kappa shape index (κ1) is 21.9. The van der Waals surface area contributed by atoms with Crippen LogP contribution in [-0.4, -0.2) is 41.0 Å². The number of fused-ring (bicyclic) bond motifs is 2. The molecule has 0 unspecified atom stereocenters. The van der Waals surface area contributed by atoms with Crippen LogP contribution in [0.3, 0.4) is 0 Å². The van der Waals surface area contributed by atoms with Crippen LogP contribution >= 0.6 is 23.4 Å². The quantitative estimate of drug-likeness (QED) is 0.411. The maximum absolute atomic E-state index is 13.3. The summed E-state index contributed by atoms with van der Waals surface area (Å²) < 4.78 is 6.76. The molecule has 4 rings (SSSR count). The van der Waals surface area contributed by atoms with Gasteiger partial charge < -0.3 is 9.64 Å². The molecule has 1 amide bonds. The Kier molecular flexibility index (Phi) is 6.65. The molecule has 162 valence electrons. The Morgan fingerprint density at radius 2 is 2.10 bits per heavy atom. The van der Waals surface area contributed by atoms with Gasteiger partial charge in [0, 0.05) is 24.4 Å². The summed E-state index contributed by atoms with van der Waals surface area (Å²) in [6.45, 7) is 3.28. The first-order chi connectivity index (χ1) is 15.0. The third-order valence-electron chi connectivity index (χ3n) is 5.41. The number of thioether (sulfide) groups is 1. The highest BCUT2D eigenvalue weighted by atomic mass is 35.5. The molecule has 2 aromatic carbocycles. The van der Waals surface area contributed by atoms with Crippen LogP contribution in [0.1, 0.15) is 18.9 Å². The van der Waals surface area contributed by atoms with Crippen molar-refractivity contribution in [3.05, 3.63) is 63.4 Å². The van der Waals surface area contributed by atoms with Crippen LogP contribution in [0, 0.1) is 0 Å². The van der Waals surface area contributed by atoms with E-state index in [1.165, 1.54) is 17.3 Å². The summed E-state index contributed by atoms with van der Waals surface area (Å²) in [4.78, 5) is 33.0. The molecule has 31 heavy (non-hydrogen) atoms. The van der Waals surface area contributed by atoms with Crippen molar-refractivity contribution in [2.75, 3.05) is 25.2 Å². The predicted molar refractivity (Wildman–Crippen MR) is 125 cm³/mol. The molecular weight excluding hydrogens is 434 g/mol. The second-order valence-corrected chi connectivity index (χ2v) is 9.23. The van der Waals surface area contributed by atoms with Gasteiger partial charge in [0.25, 0.3) is 5.56 Å². The summed E-state index contributed by atoms with van der Waals surface area (Å²) in [6, 6.07) is 13.1. The zero-order valence-corrected chi connectivity index (χ0v) is 19.1. The van der Waals surface area contributed by atoms with Crippen LogP contribution in [0.2, 0.25) is 5.02 Å². The van der Waals surface area contributed by atoms with Crippen LogP contribution in [0.25, 0.3) is 10.9 Å². The number of hydrogen-bond acceptors (Lipinski definition) is 5. The zero-order valence-electron chi connectivity index (χ0n) is 17.5. The van der Waals surface area contributed by atoms with E-state index in [4.69, 9.17) is 16.3 Å². The van der Waals surface area contributed by atoms with E-state index in [0.717, 1.165) is 18.5 Å². The summed E-state index contributed by atoms with van der Waals surface area (Å²) in [5.74, 6) is 0.0101. The van der Waals surface area contributed by atoms with Crippen LogP contribution in [-0.2, 0) is 22.5 Å². The minimum absolute atomic E-state index is 0.0101. The summed E-state index contributed by atoms with van der Waals surface area (Å²) in [7, 11) is 1.59. The molecule has 0 spiro atoms. The number of halogens is 1. The molecular formula is C23H24ClN3O3S. The van der Waals surface area contributed by atoms with E-state index in [1.54, 1.807) is 29.9 Å². The second-order valence-electron chi connectivity index (χ2n) is 7.49. The van der Waals surface area contributed by atoms with Gasteiger partial charge in [0.15, 0.2) is 5.16 Å². The van der Waals surface area contributed by atoms with Gasteiger partial charge >= 0.3 is 0 Å². The van der Waals surface area contributed by atoms with Gasteiger partial charge in [-0.3, -0.25) is 14.2 Å². The highest BCUT2D eigenvalue weighted by molar-refractivity contribution is 8.00. The lowest BCUT2D eigenvalue weighted by Gasteiger charge is -2.31. The van der Waals surface area contributed by atoms with Gasteiger partial charge in [-0.2, -0.15) is 0 Å².